The highest BCUT2D eigenvalue weighted by Crippen LogP contribution is 2.41. The van der Waals surface area contributed by atoms with Crippen molar-refractivity contribution in [2.75, 3.05) is 0 Å². The summed E-state index contributed by atoms with van der Waals surface area (Å²) >= 11 is 0. The Morgan fingerprint density at radius 1 is 1.00 bits per heavy atom. The van der Waals surface area contributed by atoms with E-state index in [1.165, 1.54) is 5.56 Å². The maximum atomic E-state index is 10.9. The Bertz CT molecular complexity index is 795. The molecular weight excluding hydrogens is 260 g/mol. The van der Waals surface area contributed by atoms with Crippen molar-refractivity contribution in [1.82, 2.24) is 9.97 Å². The standard InChI is InChI=1S/C18H16N2O/c21-18(15-8-7-13-5-3-10-19-16(13)15)17-14-6-2-1-4-12(14)9-11-20-17/h1-6,9-11,15,18,21H,7-8H2. The Morgan fingerprint density at radius 2 is 1.90 bits per heavy atom. The first-order chi connectivity index (χ1) is 10.3. The molecule has 2 heterocycles. The molecule has 2 atom stereocenters. The van der Waals surface area contributed by atoms with Crippen molar-refractivity contribution in [2.45, 2.75) is 24.9 Å². The van der Waals surface area contributed by atoms with Crippen molar-refractivity contribution in [3.8, 4) is 0 Å². The molecule has 3 heteroatoms. The first-order valence-electron chi connectivity index (χ1n) is 7.30. The number of aromatic nitrogens is 2. The summed E-state index contributed by atoms with van der Waals surface area (Å²) in [5.41, 5.74) is 3.04. The predicted octanol–water partition coefficient (Wildman–Crippen LogP) is 3.39. The molecule has 0 saturated heterocycles. The van der Waals surface area contributed by atoms with Gasteiger partial charge in [-0.25, -0.2) is 0 Å². The van der Waals surface area contributed by atoms with E-state index in [2.05, 4.69) is 16.0 Å². The number of aliphatic hydroxyl groups excluding tert-OH is 1. The van der Waals surface area contributed by atoms with Gasteiger partial charge >= 0.3 is 0 Å². The second-order valence-electron chi connectivity index (χ2n) is 5.56. The number of pyridine rings is 2. The zero-order chi connectivity index (χ0) is 14.2. The van der Waals surface area contributed by atoms with Crippen LogP contribution < -0.4 is 0 Å². The number of aliphatic hydroxyl groups is 1. The minimum atomic E-state index is -0.604. The van der Waals surface area contributed by atoms with Crippen LogP contribution >= 0.6 is 0 Å². The lowest BCUT2D eigenvalue weighted by atomic mass is 9.94. The average molecular weight is 276 g/mol. The normalized spacial score (nSPS) is 18.6. The van der Waals surface area contributed by atoms with E-state index in [-0.39, 0.29) is 5.92 Å². The number of hydrogen-bond acceptors (Lipinski definition) is 3. The van der Waals surface area contributed by atoms with Gasteiger partial charge in [0.15, 0.2) is 0 Å². The van der Waals surface area contributed by atoms with E-state index in [1.54, 1.807) is 12.4 Å². The van der Waals surface area contributed by atoms with Gasteiger partial charge in [0.1, 0.15) is 6.10 Å². The van der Waals surface area contributed by atoms with Gasteiger partial charge in [-0.05, 0) is 35.9 Å². The van der Waals surface area contributed by atoms with E-state index in [0.717, 1.165) is 35.0 Å². The molecule has 104 valence electrons. The second-order valence-corrected chi connectivity index (χ2v) is 5.56. The van der Waals surface area contributed by atoms with Crippen LogP contribution in [-0.2, 0) is 6.42 Å². The van der Waals surface area contributed by atoms with E-state index in [0.29, 0.717) is 0 Å². The lowest BCUT2D eigenvalue weighted by molar-refractivity contribution is 0.140. The van der Waals surface area contributed by atoms with Crippen LogP contribution in [0.3, 0.4) is 0 Å². The molecular formula is C18H16N2O. The third-order valence-corrected chi connectivity index (χ3v) is 4.37. The van der Waals surface area contributed by atoms with Crippen LogP contribution in [0.4, 0.5) is 0 Å². The van der Waals surface area contributed by atoms with Gasteiger partial charge in [0, 0.05) is 29.4 Å². The van der Waals surface area contributed by atoms with E-state index in [9.17, 15) is 5.11 Å². The van der Waals surface area contributed by atoms with Gasteiger partial charge in [-0.15, -0.1) is 0 Å². The van der Waals surface area contributed by atoms with Crippen molar-refractivity contribution in [3.63, 3.8) is 0 Å². The second kappa shape index (κ2) is 4.93. The summed E-state index contributed by atoms with van der Waals surface area (Å²) in [6, 6.07) is 14.1. The molecule has 0 fully saturated rings. The van der Waals surface area contributed by atoms with Gasteiger partial charge in [-0.1, -0.05) is 30.3 Å². The smallest absolute Gasteiger partial charge is 0.105 e. The number of fused-ring (bicyclic) bond motifs is 2. The topological polar surface area (TPSA) is 46.0 Å². The summed E-state index contributed by atoms with van der Waals surface area (Å²) < 4.78 is 0. The van der Waals surface area contributed by atoms with Crippen molar-refractivity contribution >= 4 is 10.8 Å². The third-order valence-electron chi connectivity index (χ3n) is 4.37. The average Bonchev–Trinajstić information content (AvgIpc) is 2.98. The Labute approximate surface area is 123 Å². The summed E-state index contributed by atoms with van der Waals surface area (Å²) in [6.45, 7) is 0. The van der Waals surface area contributed by atoms with Gasteiger partial charge in [0.2, 0.25) is 0 Å². The molecule has 1 aromatic carbocycles. The molecule has 3 nitrogen and oxygen atoms in total. The molecule has 0 saturated carbocycles. The fourth-order valence-electron chi connectivity index (χ4n) is 3.32. The Kier molecular flexibility index (Phi) is 2.93. The number of hydrogen-bond donors (Lipinski definition) is 1. The van der Waals surface area contributed by atoms with Gasteiger partial charge in [0.05, 0.1) is 5.69 Å². The number of nitrogens with zero attached hydrogens (tertiary/aromatic N) is 2. The van der Waals surface area contributed by atoms with Crippen molar-refractivity contribution in [3.05, 3.63) is 71.8 Å². The predicted molar refractivity (Wildman–Crippen MR) is 82.0 cm³/mol. The zero-order valence-corrected chi connectivity index (χ0v) is 11.6. The van der Waals surface area contributed by atoms with Gasteiger partial charge in [0.25, 0.3) is 0 Å². The number of rotatable bonds is 2. The van der Waals surface area contributed by atoms with Gasteiger partial charge in [-0.2, -0.15) is 0 Å². The highest BCUT2D eigenvalue weighted by molar-refractivity contribution is 5.84. The molecule has 21 heavy (non-hydrogen) atoms. The van der Waals surface area contributed by atoms with Crippen LogP contribution in [0.25, 0.3) is 10.8 Å². The Hall–Kier alpha value is -2.26. The molecule has 0 radical (unpaired) electrons. The van der Waals surface area contributed by atoms with Crippen LogP contribution in [0, 0.1) is 0 Å². The van der Waals surface area contributed by atoms with Gasteiger partial charge in [-0.3, -0.25) is 9.97 Å². The molecule has 3 aromatic rings. The summed E-state index contributed by atoms with van der Waals surface area (Å²) in [4.78, 5) is 8.93. The molecule has 4 rings (SSSR count). The molecule has 1 N–H and O–H groups in total. The highest BCUT2D eigenvalue weighted by Gasteiger charge is 2.32. The van der Waals surface area contributed by atoms with E-state index >= 15 is 0 Å². The maximum Gasteiger partial charge on any atom is 0.105 e. The number of aryl methyl sites for hydroxylation is 1. The van der Waals surface area contributed by atoms with E-state index < -0.39 is 6.10 Å². The van der Waals surface area contributed by atoms with Crippen LogP contribution in [0.15, 0.2) is 54.9 Å². The monoisotopic (exact) mass is 276 g/mol. The highest BCUT2D eigenvalue weighted by atomic mass is 16.3. The van der Waals surface area contributed by atoms with E-state index in [1.807, 2.05) is 36.4 Å². The fourth-order valence-corrected chi connectivity index (χ4v) is 3.32. The van der Waals surface area contributed by atoms with Crippen LogP contribution in [0.5, 0.6) is 0 Å². The fraction of sp³-hybridized carbons (Fsp3) is 0.222. The number of benzene rings is 1. The third kappa shape index (κ3) is 2.01. The SMILES string of the molecule is OC(c1nccc2ccccc12)C1CCc2cccnc21. The lowest BCUT2D eigenvalue weighted by Gasteiger charge is -2.19. The molecule has 0 spiro atoms. The van der Waals surface area contributed by atoms with Crippen molar-refractivity contribution in [1.29, 1.82) is 0 Å². The summed E-state index contributed by atoms with van der Waals surface area (Å²) in [5, 5.41) is 13.0. The maximum absolute atomic E-state index is 10.9. The van der Waals surface area contributed by atoms with Crippen LogP contribution in [0.1, 0.15) is 35.4 Å². The quantitative estimate of drug-likeness (QED) is 0.780. The molecule has 1 aliphatic carbocycles. The Balaban J connectivity index is 1.80. The molecule has 1 aliphatic rings. The van der Waals surface area contributed by atoms with Gasteiger partial charge < -0.3 is 5.11 Å². The molecule has 0 aliphatic heterocycles. The molecule has 0 bridgehead atoms. The molecule has 2 unspecified atom stereocenters. The first-order valence-corrected chi connectivity index (χ1v) is 7.30. The molecule has 0 amide bonds. The first kappa shape index (κ1) is 12.5. The minimum absolute atomic E-state index is 0.0412. The zero-order valence-electron chi connectivity index (χ0n) is 11.6. The lowest BCUT2D eigenvalue weighted by Crippen LogP contribution is -2.11. The van der Waals surface area contributed by atoms with Crippen molar-refractivity contribution < 1.29 is 5.11 Å². The molecule has 2 aromatic heterocycles. The van der Waals surface area contributed by atoms with Crippen molar-refractivity contribution in [2.24, 2.45) is 0 Å². The van der Waals surface area contributed by atoms with Crippen LogP contribution in [-0.4, -0.2) is 15.1 Å². The minimum Gasteiger partial charge on any atom is -0.386 e. The summed E-state index contributed by atoms with van der Waals surface area (Å²) in [5.74, 6) is 0.0412. The summed E-state index contributed by atoms with van der Waals surface area (Å²) in [7, 11) is 0. The van der Waals surface area contributed by atoms with Crippen LogP contribution in [0.2, 0.25) is 0 Å². The largest absolute Gasteiger partial charge is 0.386 e. The Morgan fingerprint density at radius 3 is 2.86 bits per heavy atom. The summed E-state index contributed by atoms with van der Waals surface area (Å²) in [6.07, 6.45) is 4.89. The van der Waals surface area contributed by atoms with E-state index in [4.69, 9.17) is 0 Å².